The Morgan fingerprint density at radius 1 is 1.21 bits per heavy atom. The van der Waals surface area contributed by atoms with E-state index in [0.717, 1.165) is 41.0 Å². The Hall–Kier alpha value is -3.15. The van der Waals surface area contributed by atoms with Crippen LogP contribution in [0, 0.1) is 5.92 Å². The van der Waals surface area contributed by atoms with E-state index in [4.69, 9.17) is 0 Å². The normalized spacial score (nSPS) is 14.3. The number of imidazole rings is 1. The monoisotopic (exact) mass is 390 g/mol. The maximum atomic E-state index is 13.0. The van der Waals surface area contributed by atoms with Crippen LogP contribution in [0.1, 0.15) is 55.0 Å². The third-order valence-electron chi connectivity index (χ3n) is 5.37. The van der Waals surface area contributed by atoms with Crippen LogP contribution >= 0.6 is 0 Å². The largest absolute Gasteiger partial charge is 0.342 e. The Morgan fingerprint density at radius 3 is 2.72 bits per heavy atom. The number of fused-ring (bicyclic) bond motifs is 2. The van der Waals surface area contributed by atoms with Gasteiger partial charge in [0.15, 0.2) is 0 Å². The van der Waals surface area contributed by atoms with E-state index in [1.54, 1.807) is 17.9 Å². The van der Waals surface area contributed by atoms with Crippen LogP contribution in [0.4, 0.5) is 5.69 Å². The zero-order valence-electron chi connectivity index (χ0n) is 17.0. The third-order valence-corrected chi connectivity index (χ3v) is 5.37. The summed E-state index contributed by atoms with van der Waals surface area (Å²) >= 11 is 0. The van der Waals surface area contributed by atoms with Crippen molar-refractivity contribution in [3.63, 3.8) is 0 Å². The summed E-state index contributed by atoms with van der Waals surface area (Å²) < 4.78 is 0. The number of para-hydroxylation sites is 2. The van der Waals surface area contributed by atoms with Gasteiger partial charge in [-0.3, -0.25) is 9.59 Å². The molecule has 2 aromatic carbocycles. The fourth-order valence-electron chi connectivity index (χ4n) is 3.96. The third kappa shape index (κ3) is 3.88. The predicted octanol–water partition coefficient (Wildman–Crippen LogP) is 3.99. The Bertz CT molecular complexity index is 1040. The number of aromatic nitrogens is 2. The molecule has 1 aliphatic rings. The van der Waals surface area contributed by atoms with Crippen molar-refractivity contribution >= 4 is 28.5 Å². The van der Waals surface area contributed by atoms with Crippen LogP contribution in [0.3, 0.4) is 0 Å². The lowest BCUT2D eigenvalue weighted by Gasteiger charge is -2.19. The number of aromatic amines is 1. The lowest BCUT2D eigenvalue weighted by Crippen LogP contribution is -2.30. The van der Waals surface area contributed by atoms with Gasteiger partial charge < -0.3 is 15.2 Å². The second-order valence-corrected chi connectivity index (χ2v) is 8.06. The molecule has 4 rings (SSSR count). The molecule has 2 amide bonds. The van der Waals surface area contributed by atoms with Gasteiger partial charge in [-0.05, 0) is 54.7 Å². The van der Waals surface area contributed by atoms with Crippen molar-refractivity contribution in [2.24, 2.45) is 5.92 Å². The van der Waals surface area contributed by atoms with E-state index >= 15 is 0 Å². The van der Waals surface area contributed by atoms with Crippen molar-refractivity contribution in [2.45, 2.75) is 39.7 Å². The van der Waals surface area contributed by atoms with Gasteiger partial charge in [0.25, 0.3) is 5.91 Å². The lowest BCUT2D eigenvalue weighted by atomic mass is 10.0. The number of hydrogen-bond donors (Lipinski definition) is 2. The first-order valence-corrected chi connectivity index (χ1v) is 10.1. The quantitative estimate of drug-likeness (QED) is 0.691. The van der Waals surface area contributed by atoms with Gasteiger partial charge in [0.2, 0.25) is 5.91 Å². The molecule has 0 spiro atoms. The second kappa shape index (κ2) is 7.70. The van der Waals surface area contributed by atoms with Crippen molar-refractivity contribution in [1.29, 1.82) is 0 Å². The van der Waals surface area contributed by atoms with E-state index in [2.05, 4.69) is 29.1 Å². The summed E-state index contributed by atoms with van der Waals surface area (Å²) in [6, 6.07) is 13.2. The summed E-state index contributed by atoms with van der Waals surface area (Å²) in [6.45, 7) is 6.51. The summed E-state index contributed by atoms with van der Waals surface area (Å²) in [7, 11) is 0. The molecule has 150 valence electrons. The molecule has 0 fully saturated rings. The standard InChI is InChI=1S/C23H26N4O2/c1-14(2)12-20(22-24-18-6-4-5-7-19(18)25-22)26-23(29)17-8-9-21-16(13-17)10-11-27(21)15(3)28/h4-9,13-14,20H,10-12H2,1-3H3,(H,24,25)(H,26,29)/t20-/m1/s1. The topological polar surface area (TPSA) is 78.1 Å². The number of rotatable bonds is 5. The Morgan fingerprint density at radius 2 is 2.00 bits per heavy atom. The van der Waals surface area contributed by atoms with Crippen LogP contribution in [0.15, 0.2) is 42.5 Å². The molecule has 3 aromatic rings. The van der Waals surface area contributed by atoms with Gasteiger partial charge in [-0.25, -0.2) is 4.98 Å². The average Bonchev–Trinajstić information content (AvgIpc) is 3.30. The molecule has 1 atom stereocenters. The van der Waals surface area contributed by atoms with Crippen molar-refractivity contribution in [2.75, 3.05) is 11.4 Å². The smallest absolute Gasteiger partial charge is 0.251 e. The first kappa shape index (κ1) is 19.2. The summed E-state index contributed by atoms with van der Waals surface area (Å²) in [5, 5.41) is 3.15. The lowest BCUT2D eigenvalue weighted by molar-refractivity contribution is -0.116. The molecule has 29 heavy (non-hydrogen) atoms. The van der Waals surface area contributed by atoms with Gasteiger partial charge in [0, 0.05) is 24.7 Å². The van der Waals surface area contributed by atoms with Gasteiger partial charge in [0.05, 0.1) is 17.1 Å². The minimum absolute atomic E-state index is 0.0304. The number of benzene rings is 2. The molecule has 0 saturated carbocycles. The van der Waals surface area contributed by atoms with E-state index in [-0.39, 0.29) is 17.9 Å². The number of anilines is 1. The molecule has 1 aliphatic heterocycles. The van der Waals surface area contributed by atoms with E-state index < -0.39 is 0 Å². The van der Waals surface area contributed by atoms with Crippen LogP contribution in [0.25, 0.3) is 11.0 Å². The van der Waals surface area contributed by atoms with Gasteiger partial charge in [0.1, 0.15) is 5.82 Å². The van der Waals surface area contributed by atoms with Gasteiger partial charge in [-0.15, -0.1) is 0 Å². The molecule has 0 saturated heterocycles. The molecule has 6 heteroatoms. The highest BCUT2D eigenvalue weighted by atomic mass is 16.2. The Balaban J connectivity index is 1.58. The Labute approximate surface area is 170 Å². The zero-order chi connectivity index (χ0) is 20.5. The number of carbonyl (C=O) groups is 2. The molecule has 1 aromatic heterocycles. The average molecular weight is 390 g/mol. The molecule has 2 N–H and O–H groups in total. The molecule has 0 aliphatic carbocycles. The molecular weight excluding hydrogens is 364 g/mol. The molecule has 6 nitrogen and oxygen atoms in total. The molecule has 0 unspecified atom stereocenters. The molecular formula is C23H26N4O2. The summed E-state index contributed by atoms with van der Waals surface area (Å²) in [4.78, 5) is 34.5. The van der Waals surface area contributed by atoms with E-state index in [0.29, 0.717) is 18.0 Å². The van der Waals surface area contributed by atoms with Gasteiger partial charge in [-0.2, -0.15) is 0 Å². The zero-order valence-corrected chi connectivity index (χ0v) is 17.0. The first-order chi connectivity index (χ1) is 13.9. The van der Waals surface area contributed by atoms with Crippen molar-refractivity contribution in [3.8, 4) is 0 Å². The van der Waals surface area contributed by atoms with Crippen LogP contribution in [0.2, 0.25) is 0 Å². The highest BCUT2D eigenvalue weighted by Gasteiger charge is 2.25. The minimum atomic E-state index is -0.197. The van der Waals surface area contributed by atoms with Crippen LogP contribution in [-0.2, 0) is 11.2 Å². The number of nitrogens with one attached hydrogen (secondary N) is 2. The van der Waals surface area contributed by atoms with Crippen molar-refractivity contribution in [3.05, 3.63) is 59.4 Å². The Kier molecular flexibility index (Phi) is 5.09. The van der Waals surface area contributed by atoms with Crippen LogP contribution in [-0.4, -0.2) is 28.3 Å². The van der Waals surface area contributed by atoms with Gasteiger partial charge >= 0.3 is 0 Å². The summed E-state index contributed by atoms with van der Waals surface area (Å²) in [5.74, 6) is 1.08. The fraction of sp³-hybridized carbons (Fsp3) is 0.348. The molecule has 0 radical (unpaired) electrons. The van der Waals surface area contributed by atoms with Crippen molar-refractivity contribution < 1.29 is 9.59 Å². The fourth-order valence-corrected chi connectivity index (χ4v) is 3.96. The number of H-pyrrole nitrogens is 1. The highest BCUT2D eigenvalue weighted by molar-refractivity contribution is 5.98. The minimum Gasteiger partial charge on any atom is -0.342 e. The second-order valence-electron chi connectivity index (χ2n) is 8.06. The maximum Gasteiger partial charge on any atom is 0.251 e. The van der Waals surface area contributed by atoms with Gasteiger partial charge in [-0.1, -0.05) is 26.0 Å². The summed E-state index contributed by atoms with van der Waals surface area (Å²) in [6.07, 6.45) is 1.56. The molecule has 0 bridgehead atoms. The number of hydrogen-bond acceptors (Lipinski definition) is 3. The van der Waals surface area contributed by atoms with E-state index in [9.17, 15) is 9.59 Å². The van der Waals surface area contributed by atoms with Crippen molar-refractivity contribution in [1.82, 2.24) is 15.3 Å². The number of amides is 2. The van der Waals surface area contributed by atoms with E-state index in [1.807, 2.05) is 36.4 Å². The molecule has 2 heterocycles. The maximum absolute atomic E-state index is 13.0. The van der Waals surface area contributed by atoms with Crippen LogP contribution < -0.4 is 10.2 Å². The summed E-state index contributed by atoms with van der Waals surface area (Å²) in [5.41, 5.74) is 4.42. The SMILES string of the molecule is CC(=O)N1CCc2cc(C(=O)N[C@H](CC(C)C)c3nc4ccccc4[nH]3)ccc21. The number of carbonyl (C=O) groups excluding carboxylic acids is 2. The first-order valence-electron chi connectivity index (χ1n) is 10.1. The van der Waals surface area contributed by atoms with E-state index in [1.165, 1.54) is 0 Å². The van der Waals surface area contributed by atoms with Crippen LogP contribution in [0.5, 0.6) is 0 Å². The number of nitrogens with zero attached hydrogens (tertiary/aromatic N) is 2. The highest BCUT2D eigenvalue weighted by Crippen LogP contribution is 2.29. The predicted molar refractivity (Wildman–Crippen MR) is 114 cm³/mol.